The largest absolute Gasteiger partial charge is 0.497 e. The molecule has 220 valence electrons. The van der Waals surface area contributed by atoms with Gasteiger partial charge in [0, 0.05) is 38.6 Å². The lowest BCUT2D eigenvalue weighted by molar-refractivity contribution is 0.0643. The lowest BCUT2D eigenvalue weighted by Crippen LogP contribution is -2.29. The van der Waals surface area contributed by atoms with Gasteiger partial charge in [-0.15, -0.1) is 0 Å². The second kappa shape index (κ2) is 8.76. The highest BCUT2D eigenvalue weighted by Crippen LogP contribution is 2.54. The highest BCUT2D eigenvalue weighted by molar-refractivity contribution is 6.39. The molecule has 4 aromatic carbocycles. The summed E-state index contributed by atoms with van der Waals surface area (Å²) in [6, 6.07) is 19.0. The SMILES string of the molecule is COc1ccc(CN2C(=O)c3c(c4c5cc(OC)ccc5n5c4c4c3c3cc(OC)ccc3n4C3C[C@H]5C[C@H]3O)C2=O)cc1. The van der Waals surface area contributed by atoms with Gasteiger partial charge in [0.15, 0.2) is 0 Å². The van der Waals surface area contributed by atoms with E-state index in [9.17, 15) is 14.7 Å². The summed E-state index contributed by atoms with van der Waals surface area (Å²) < 4.78 is 21.1. The summed E-state index contributed by atoms with van der Waals surface area (Å²) in [5.74, 6) is 1.38. The molecular weight excluding hydrogens is 558 g/mol. The van der Waals surface area contributed by atoms with Crippen LogP contribution in [0, 0.1) is 0 Å². The normalized spacial score (nSPS) is 20.5. The topological polar surface area (TPSA) is 95.2 Å². The van der Waals surface area contributed by atoms with Crippen molar-refractivity contribution in [3.63, 3.8) is 0 Å². The number of aliphatic hydroxyl groups is 1. The zero-order valence-electron chi connectivity index (χ0n) is 24.5. The minimum atomic E-state index is -0.558. The van der Waals surface area contributed by atoms with E-state index >= 15 is 0 Å². The van der Waals surface area contributed by atoms with E-state index < -0.39 is 6.10 Å². The molecule has 0 saturated heterocycles. The molecule has 0 spiro atoms. The number of aromatic nitrogens is 2. The Kier molecular flexibility index (Phi) is 5.07. The average Bonchev–Trinajstić information content (AvgIpc) is 3.72. The molecule has 2 amide bonds. The predicted octanol–water partition coefficient (Wildman–Crippen LogP) is 5.97. The minimum absolute atomic E-state index is 0.0282. The van der Waals surface area contributed by atoms with E-state index in [-0.39, 0.29) is 30.4 Å². The van der Waals surface area contributed by atoms with Crippen LogP contribution >= 0.6 is 0 Å². The molecule has 9 rings (SSSR count). The smallest absolute Gasteiger partial charge is 0.262 e. The van der Waals surface area contributed by atoms with Gasteiger partial charge in [0.1, 0.15) is 17.2 Å². The number of carbonyl (C=O) groups excluding carboxylic acids is 2. The number of methoxy groups -OCH3 is 3. The first-order valence-corrected chi connectivity index (χ1v) is 14.8. The maximum Gasteiger partial charge on any atom is 0.262 e. The van der Waals surface area contributed by atoms with Gasteiger partial charge < -0.3 is 28.5 Å². The monoisotopic (exact) mass is 587 g/mol. The van der Waals surface area contributed by atoms with Crippen LogP contribution in [0.1, 0.15) is 51.2 Å². The minimum Gasteiger partial charge on any atom is -0.497 e. The molecule has 6 aromatic rings. The Balaban J connectivity index is 1.45. The Bertz CT molecular complexity index is 2250. The highest BCUT2D eigenvalue weighted by Gasteiger charge is 2.46. The summed E-state index contributed by atoms with van der Waals surface area (Å²) in [6.45, 7) is 0.132. The molecule has 1 unspecified atom stereocenters. The summed E-state index contributed by atoms with van der Waals surface area (Å²) in [6.07, 6.45) is 0.777. The quantitative estimate of drug-likeness (QED) is 0.250. The number of rotatable bonds is 5. The lowest BCUT2D eigenvalue weighted by atomic mass is 9.96. The second-order valence-electron chi connectivity index (χ2n) is 12.0. The van der Waals surface area contributed by atoms with E-state index in [2.05, 4.69) is 9.13 Å². The van der Waals surface area contributed by atoms with Crippen molar-refractivity contribution in [2.45, 2.75) is 37.6 Å². The summed E-state index contributed by atoms with van der Waals surface area (Å²) >= 11 is 0. The first kappa shape index (κ1) is 25.5. The van der Waals surface area contributed by atoms with E-state index in [0.717, 1.165) is 55.6 Å². The van der Waals surface area contributed by atoms with Crippen molar-refractivity contribution in [3.05, 3.63) is 77.4 Å². The van der Waals surface area contributed by atoms with E-state index in [4.69, 9.17) is 14.2 Å². The summed E-state index contributed by atoms with van der Waals surface area (Å²) in [5, 5.41) is 14.6. The van der Waals surface area contributed by atoms with Gasteiger partial charge in [-0.3, -0.25) is 14.5 Å². The van der Waals surface area contributed by atoms with Gasteiger partial charge in [0.05, 0.1) is 62.2 Å². The Morgan fingerprint density at radius 2 is 1.23 bits per heavy atom. The lowest BCUT2D eigenvalue weighted by Gasteiger charge is -2.20. The number of carbonyl (C=O) groups is 2. The molecule has 3 aliphatic rings. The number of fused-ring (bicyclic) bond motifs is 13. The van der Waals surface area contributed by atoms with Crippen molar-refractivity contribution in [2.24, 2.45) is 0 Å². The van der Waals surface area contributed by atoms with Gasteiger partial charge in [-0.1, -0.05) is 12.1 Å². The van der Waals surface area contributed by atoms with Crippen molar-refractivity contribution in [1.29, 1.82) is 0 Å². The molecule has 2 aliphatic heterocycles. The number of ether oxygens (including phenoxy) is 3. The number of hydrogen-bond donors (Lipinski definition) is 1. The summed E-state index contributed by atoms with van der Waals surface area (Å²) in [7, 11) is 4.85. The first-order valence-electron chi connectivity index (χ1n) is 14.8. The van der Waals surface area contributed by atoms with E-state index in [1.165, 1.54) is 4.90 Å². The highest BCUT2D eigenvalue weighted by atomic mass is 16.5. The van der Waals surface area contributed by atoms with Crippen molar-refractivity contribution < 1.29 is 28.9 Å². The van der Waals surface area contributed by atoms with E-state index in [1.807, 2.05) is 60.7 Å². The van der Waals surface area contributed by atoms with E-state index in [1.54, 1.807) is 21.3 Å². The third kappa shape index (κ3) is 3.06. The molecule has 9 nitrogen and oxygen atoms in total. The van der Waals surface area contributed by atoms with Gasteiger partial charge in [-0.2, -0.15) is 0 Å². The second-order valence-corrected chi connectivity index (χ2v) is 12.0. The maximum absolute atomic E-state index is 14.6. The fraction of sp³-hybridized carbons (Fsp3) is 0.257. The number of nitrogens with zero attached hydrogens (tertiary/aromatic N) is 3. The van der Waals surface area contributed by atoms with Crippen LogP contribution in [0.2, 0.25) is 0 Å². The van der Waals surface area contributed by atoms with Crippen LogP contribution in [0.3, 0.4) is 0 Å². The first-order chi connectivity index (χ1) is 21.4. The third-order valence-corrected chi connectivity index (χ3v) is 9.98. The molecule has 9 heteroatoms. The van der Waals surface area contributed by atoms with Crippen LogP contribution in [-0.4, -0.2) is 58.4 Å². The zero-order chi connectivity index (χ0) is 30.0. The molecule has 44 heavy (non-hydrogen) atoms. The molecule has 2 bridgehead atoms. The Hall–Kier alpha value is -5.02. The van der Waals surface area contributed by atoms with Crippen LogP contribution < -0.4 is 14.2 Å². The summed E-state index contributed by atoms with van der Waals surface area (Å²) in [4.78, 5) is 30.5. The summed E-state index contributed by atoms with van der Waals surface area (Å²) in [5.41, 5.74) is 5.30. The Morgan fingerprint density at radius 1 is 0.705 bits per heavy atom. The van der Waals surface area contributed by atoms with Gasteiger partial charge in [0.2, 0.25) is 0 Å². The van der Waals surface area contributed by atoms with Crippen LogP contribution in [-0.2, 0) is 6.54 Å². The molecule has 1 N–H and O–H groups in total. The molecule has 3 atom stereocenters. The van der Waals surface area contributed by atoms with Gasteiger partial charge in [0.25, 0.3) is 11.8 Å². The number of hydrogen-bond acceptors (Lipinski definition) is 6. The molecule has 1 fully saturated rings. The van der Waals surface area contributed by atoms with Crippen LogP contribution in [0.25, 0.3) is 43.6 Å². The maximum atomic E-state index is 14.6. The molecule has 1 aliphatic carbocycles. The van der Waals surface area contributed by atoms with E-state index in [0.29, 0.717) is 34.8 Å². The van der Waals surface area contributed by atoms with Crippen LogP contribution in [0.15, 0.2) is 60.7 Å². The number of benzene rings is 4. The van der Waals surface area contributed by atoms with Crippen molar-refractivity contribution in [2.75, 3.05) is 21.3 Å². The zero-order valence-corrected chi connectivity index (χ0v) is 24.5. The molecular formula is C35H29N3O6. The van der Waals surface area contributed by atoms with Gasteiger partial charge in [-0.05, 0) is 66.9 Å². The molecule has 0 radical (unpaired) electrons. The van der Waals surface area contributed by atoms with Crippen LogP contribution in [0.4, 0.5) is 0 Å². The number of amides is 2. The fourth-order valence-corrected chi connectivity index (χ4v) is 8.09. The predicted molar refractivity (Wildman–Crippen MR) is 166 cm³/mol. The number of imide groups is 1. The fourth-order valence-electron chi connectivity index (χ4n) is 8.09. The average molecular weight is 588 g/mol. The van der Waals surface area contributed by atoms with Gasteiger partial charge >= 0.3 is 0 Å². The third-order valence-electron chi connectivity index (χ3n) is 9.98. The number of aliphatic hydroxyl groups excluding tert-OH is 1. The van der Waals surface area contributed by atoms with Crippen molar-refractivity contribution >= 4 is 55.4 Å². The Morgan fingerprint density at radius 3 is 1.80 bits per heavy atom. The molecule has 1 saturated carbocycles. The van der Waals surface area contributed by atoms with Gasteiger partial charge in [-0.25, -0.2) is 0 Å². The Labute approximate surface area is 251 Å². The van der Waals surface area contributed by atoms with Crippen molar-refractivity contribution in [1.82, 2.24) is 14.0 Å². The van der Waals surface area contributed by atoms with Crippen molar-refractivity contribution in [3.8, 4) is 17.2 Å². The molecule has 2 aromatic heterocycles. The van der Waals surface area contributed by atoms with Crippen LogP contribution in [0.5, 0.6) is 17.2 Å². The standard InChI is InChI=1S/C35H29N3O6/c1-42-19-6-4-17(5-7-19)16-36-34(40)30-28-22-14-20(43-2)8-10-24(22)37-18-12-26(27(39)13-18)38-25-11-9-21(44-3)15-23(25)29(31(30)35(36)41)33(38)32(28)37/h4-11,14-15,18,26-27,39H,12-13,16H2,1-3H3/t18-,26?,27+/m0/s1. The molecule has 4 heterocycles.